The zero-order valence-corrected chi connectivity index (χ0v) is 19.3. The van der Waals surface area contributed by atoms with Crippen LogP contribution in [0.2, 0.25) is 5.02 Å². The maximum atomic E-state index is 14.0. The number of aliphatic hydroxyl groups is 1. The molecule has 1 unspecified atom stereocenters. The Balaban J connectivity index is 1.97. The average Bonchev–Trinajstić information content (AvgIpc) is 3.12. The van der Waals surface area contributed by atoms with Crippen LogP contribution in [0.4, 0.5) is 23.2 Å². The van der Waals surface area contributed by atoms with Crippen LogP contribution < -0.4 is 10.1 Å². The van der Waals surface area contributed by atoms with E-state index in [-0.39, 0.29) is 16.5 Å². The van der Waals surface area contributed by atoms with E-state index in [1.165, 1.54) is 12.1 Å². The molecule has 35 heavy (non-hydrogen) atoms. The highest BCUT2D eigenvalue weighted by Gasteiger charge is 2.55. The average molecular weight is 537 g/mol. The van der Waals surface area contributed by atoms with Crippen LogP contribution in [0.3, 0.4) is 0 Å². The maximum absolute atomic E-state index is 14.0. The number of rotatable bonds is 6. The van der Waals surface area contributed by atoms with Crippen LogP contribution in [0.25, 0.3) is 4.85 Å². The lowest BCUT2D eigenvalue weighted by Gasteiger charge is -2.35. The lowest BCUT2D eigenvalue weighted by Crippen LogP contribution is -2.61. The van der Waals surface area contributed by atoms with E-state index in [1.54, 1.807) is 5.32 Å². The quantitative estimate of drug-likeness (QED) is 0.433. The molecule has 3 rings (SSSR count). The van der Waals surface area contributed by atoms with E-state index in [2.05, 4.69) is 9.83 Å². The first kappa shape index (κ1) is 26.6. The molecule has 1 amide bonds. The molecule has 1 aromatic carbocycles. The van der Waals surface area contributed by atoms with E-state index in [0.29, 0.717) is 4.31 Å². The number of halogens is 5. The molecular weight excluding hydrogens is 520 g/mol. The Morgan fingerprint density at radius 1 is 1.40 bits per heavy atom. The highest BCUT2D eigenvalue weighted by atomic mass is 35.5. The van der Waals surface area contributed by atoms with Gasteiger partial charge < -0.3 is 15.2 Å². The number of ether oxygens (including phenoxy) is 1. The highest BCUT2D eigenvalue weighted by Crippen LogP contribution is 2.34. The van der Waals surface area contributed by atoms with Gasteiger partial charge in [-0.15, -0.1) is 0 Å². The minimum atomic E-state index is -5.27. The summed E-state index contributed by atoms with van der Waals surface area (Å²) in [7, 11) is -4.39. The number of carbonyl (C=O) groups excluding carboxylic acids is 1. The lowest BCUT2D eigenvalue weighted by molar-refractivity contribution is -0.176. The minimum absolute atomic E-state index is 0.149. The second-order valence-corrected chi connectivity index (χ2v) is 9.95. The SMILES string of the molecule is [C-]#[N+]c1ccc(O[C@H]2CN(S(=O)(=O)c3ccc(Cl)cn3)C[C@@]2(O)C(C)NC(=O)C(F)(F)F)cc1F. The molecule has 0 saturated carbocycles. The first-order chi connectivity index (χ1) is 16.2. The summed E-state index contributed by atoms with van der Waals surface area (Å²) < 4.78 is 84.8. The van der Waals surface area contributed by atoms with Crippen LogP contribution in [-0.4, -0.2) is 65.7 Å². The van der Waals surface area contributed by atoms with Crippen molar-refractivity contribution in [3.63, 3.8) is 0 Å². The number of carbonyl (C=O) groups is 1. The molecule has 2 aromatic rings. The first-order valence-corrected chi connectivity index (χ1v) is 11.6. The van der Waals surface area contributed by atoms with Crippen LogP contribution in [0.15, 0.2) is 41.6 Å². The number of nitrogens with zero attached hydrogens (tertiary/aromatic N) is 3. The van der Waals surface area contributed by atoms with E-state index < -0.39 is 63.8 Å². The van der Waals surface area contributed by atoms with Crippen LogP contribution in [0.1, 0.15) is 6.92 Å². The Morgan fingerprint density at radius 2 is 2.09 bits per heavy atom. The van der Waals surface area contributed by atoms with Gasteiger partial charge in [0.25, 0.3) is 10.0 Å². The summed E-state index contributed by atoms with van der Waals surface area (Å²) in [4.78, 5) is 18.1. The van der Waals surface area contributed by atoms with E-state index in [1.807, 2.05) is 0 Å². The normalized spacial score (nSPS) is 21.8. The third kappa shape index (κ3) is 5.48. The molecule has 15 heteroatoms. The van der Waals surface area contributed by atoms with Crippen molar-refractivity contribution in [3.8, 4) is 5.75 Å². The number of hydrogen-bond donors (Lipinski definition) is 2. The number of nitrogens with one attached hydrogen (secondary N) is 1. The Kier molecular flexibility index (Phi) is 7.28. The van der Waals surface area contributed by atoms with Crippen LogP contribution in [0.5, 0.6) is 5.75 Å². The number of amides is 1. The molecule has 3 atom stereocenters. The van der Waals surface area contributed by atoms with Crippen molar-refractivity contribution in [2.24, 2.45) is 0 Å². The molecule has 1 aliphatic heterocycles. The van der Waals surface area contributed by atoms with Gasteiger partial charge in [0.2, 0.25) is 5.69 Å². The second-order valence-electron chi connectivity index (χ2n) is 7.63. The van der Waals surface area contributed by atoms with Crippen molar-refractivity contribution in [2.75, 3.05) is 13.1 Å². The number of sulfonamides is 1. The Bertz CT molecular complexity index is 1270. The van der Waals surface area contributed by atoms with Gasteiger partial charge in [-0.05, 0) is 31.2 Å². The number of alkyl halides is 3. The maximum Gasteiger partial charge on any atom is 0.471 e. The van der Waals surface area contributed by atoms with Gasteiger partial charge in [-0.25, -0.2) is 22.6 Å². The summed E-state index contributed by atoms with van der Waals surface area (Å²) in [5.74, 6) is -3.55. The molecule has 1 aliphatic rings. The van der Waals surface area contributed by atoms with Crippen molar-refractivity contribution >= 4 is 33.2 Å². The summed E-state index contributed by atoms with van der Waals surface area (Å²) in [6.45, 7) is 6.56. The smallest absolute Gasteiger partial charge is 0.471 e. The second kappa shape index (κ2) is 9.57. The van der Waals surface area contributed by atoms with Gasteiger partial charge in [-0.2, -0.15) is 17.5 Å². The summed E-state index contributed by atoms with van der Waals surface area (Å²) >= 11 is 5.73. The molecule has 9 nitrogen and oxygen atoms in total. The zero-order chi connectivity index (χ0) is 26.2. The molecule has 0 radical (unpaired) electrons. The minimum Gasteiger partial charge on any atom is -0.486 e. The highest BCUT2D eigenvalue weighted by molar-refractivity contribution is 7.89. The summed E-state index contributed by atoms with van der Waals surface area (Å²) in [5, 5.41) is 12.6. The van der Waals surface area contributed by atoms with Gasteiger partial charge in [-0.1, -0.05) is 11.6 Å². The molecule has 2 N–H and O–H groups in total. The van der Waals surface area contributed by atoms with Gasteiger partial charge in [0.1, 0.15) is 23.3 Å². The van der Waals surface area contributed by atoms with Gasteiger partial charge >= 0.3 is 12.1 Å². The van der Waals surface area contributed by atoms with Crippen molar-refractivity contribution in [1.82, 2.24) is 14.6 Å². The van der Waals surface area contributed by atoms with Gasteiger partial charge in [0.15, 0.2) is 5.03 Å². The van der Waals surface area contributed by atoms with Gasteiger partial charge in [-0.3, -0.25) is 4.79 Å². The molecule has 1 aromatic heterocycles. The van der Waals surface area contributed by atoms with E-state index >= 15 is 0 Å². The van der Waals surface area contributed by atoms with Crippen molar-refractivity contribution in [2.45, 2.75) is 35.9 Å². The Labute approximate surface area is 202 Å². The third-order valence-electron chi connectivity index (χ3n) is 5.33. The van der Waals surface area contributed by atoms with Gasteiger partial charge in [0.05, 0.1) is 24.2 Å². The fourth-order valence-electron chi connectivity index (χ4n) is 3.40. The zero-order valence-electron chi connectivity index (χ0n) is 17.8. The molecule has 2 heterocycles. The molecular formula is C20H17ClF4N4O5S. The molecule has 0 aliphatic carbocycles. The van der Waals surface area contributed by atoms with E-state index in [0.717, 1.165) is 31.3 Å². The Morgan fingerprint density at radius 3 is 2.63 bits per heavy atom. The lowest BCUT2D eigenvalue weighted by atomic mass is 9.91. The number of benzene rings is 1. The fraction of sp³-hybridized carbons (Fsp3) is 0.350. The number of β-amino-alcohol motifs (C(OH)–C–C–N with tert-alkyl or cyclic N) is 1. The largest absolute Gasteiger partial charge is 0.486 e. The summed E-state index contributed by atoms with van der Waals surface area (Å²) in [5.41, 5.74) is -2.71. The summed E-state index contributed by atoms with van der Waals surface area (Å²) in [6, 6.07) is 3.75. The van der Waals surface area contributed by atoms with Gasteiger partial charge in [0, 0.05) is 18.8 Å². The standard InChI is InChI=1S/C20H17ClF4N4O5S/c1-11(28-18(30)20(23,24)25)19(31)10-29(35(32,33)17-6-3-12(21)8-27-17)9-16(19)34-13-4-5-15(26-2)14(22)7-13/h3-8,11,16,31H,9-10H2,1H3,(H,28,30)/t11?,16-,19+/m0/s1. The van der Waals surface area contributed by atoms with E-state index in [9.17, 15) is 35.9 Å². The van der Waals surface area contributed by atoms with Crippen molar-refractivity contribution in [1.29, 1.82) is 0 Å². The summed E-state index contributed by atoms with van der Waals surface area (Å²) in [6.07, 6.45) is -5.75. The van der Waals surface area contributed by atoms with E-state index in [4.69, 9.17) is 22.9 Å². The van der Waals surface area contributed by atoms with Crippen molar-refractivity contribution in [3.05, 3.63) is 58.8 Å². The van der Waals surface area contributed by atoms with Crippen LogP contribution >= 0.6 is 11.6 Å². The van der Waals surface area contributed by atoms with Crippen LogP contribution in [0, 0.1) is 12.4 Å². The number of pyridine rings is 1. The molecule has 1 saturated heterocycles. The number of aromatic nitrogens is 1. The fourth-order valence-corrected chi connectivity index (χ4v) is 4.91. The first-order valence-electron chi connectivity index (χ1n) is 9.74. The molecule has 0 spiro atoms. The topological polar surface area (TPSA) is 113 Å². The van der Waals surface area contributed by atoms with Crippen LogP contribution in [-0.2, 0) is 14.8 Å². The Hall–Kier alpha value is -2.99. The van der Waals surface area contributed by atoms with Crippen molar-refractivity contribution < 1.29 is 40.6 Å². The predicted octanol–water partition coefficient (Wildman–Crippen LogP) is 2.67. The molecule has 0 bridgehead atoms. The predicted molar refractivity (Wildman–Crippen MR) is 114 cm³/mol. The number of hydrogen-bond acceptors (Lipinski definition) is 6. The molecule has 188 valence electrons. The monoisotopic (exact) mass is 536 g/mol. The third-order valence-corrected chi connectivity index (χ3v) is 7.29. The molecule has 1 fully saturated rings.